The summed E-state index contributed by atoms with van der Waals surface area (Å²) in [7, 11) is 0. The number of benzene rings is 1. The van der Waals surface area contributed by atoms with Gasteiger partial charge in [0.2, 0.25) is 0 Å². The van der Waals surface area contributed by atoms with Crippen LogP contribution in [0.4, 0.5) is 0 Å². The zero-order chi connectivity index (χ0) is 16.1. The van der Waals surface area contributed by atoms with Crippen LogP contribution in [0, 0.1) is 0 Å². The van der Waals surface area contributed by atoms with Crippen molar-refractivity contribution in [3.05, 3.63) is 48.5 Å². The topological polar surface area (TPSA) is 75.4 Å². The minimum atomic E-state index is -1.01. The van der Waals surface area contributed by atoms with Crippen LogP contribution in [0.5, 0.6) is 0 Å². The first kappa shape index (κ1) is 15.8. The van der Waals surface area contributed by atoms with Gasteiger partial charge in [-0.3, -0.25) is 9.59 Å². The third kappa shape index (κ3) is 3.52. The number of amides is 1. The molecule has 0 aliphatic rings. The number of imidazole rings is 1. The highest BCUT2D eigenvalue weighted by Gasteiger charge is 2.22. The van der Waals surface area contributed by atoms with E-state index in [0.29, 0.717) is 12.0 Å². The molecule has 2 rings (SSSR count). The van der Waals surface area contributed by atoms with E-state index in [0.717, 1.165) is 5.69 Å². The van der Waals surface area contributed by atoms with Crippen LogP contribution in [0.3, 0.4) is 0 Å². The highest BCUT2D eigenvalue weighted by atomic mass is 16.4. The van der Waals surface area contributed by atoms with E-state index in [1.807, 2.05) is 36.7 Å². The normalized spacial score (nSPS) is 11.9. The molecule has 1 atom stereocenters. The van der Waals surface area contributed by atoms with E-state index in [9.17, 15) is 9.59 Å². The fraction of sp³-hybridized carbons (Fsp3) is 0.312. The Morgan fingerprint density at radius 3 is 2.50 bits per heavy atom. The van der Waals surface area contributed by atoms with Crippen molar-refractivity contribution in [1.82, 2.24) is 14.5 Å². The van der Waals surface area contributed by atoms with E-state index in [-0.39, 0.29) is 18.5 Å². The number of hydrogen-bond donors (Lipinski definition) is 1. The SMILES string of the molecule is CCC(C)N(CC(=O)O)C(=O)c1ccc(-n2ccnc2)cc1. The predicted molar refractivity (Wildman–Crippen MR) is 82.0 cm³/mol. The lowest BCUT2D eigenvalue weighted by Crippen LogP contribution is -2.41. The van der Waals surface area contributed by atoms with Crippen LogP contribution in [0.25, 0.3) is 5.69 Å². The Morgan fingerprint density at radius 2 is 2.00 bits per heavy atom. The van der Waals surface area contributed by atoms with Gasteiger partial charge in [-0.05, 0) is 37.6 Å². The summed E-state index contributed by atoms with van der Waals surface area (Å²) in [5.74, 6) is -1.28. The first-order chi connectivity index (χ1) is 10.5. The molecule has 0 saturated heterocycles. The molecular formula is C16H19N3O3. The number of carbonyl (C=O) groups excluding carboxylic acids is 1. The second-order valence-electron chi connectivity index (χ2n) is 5.10. The van der Waals surface area contributed by atoms with Gasteiger partial charge in [0.1, 0.15) is 6.54 Å². The van der Waals surface area contributed by atoms with Crippen molar-refractivity contribution < 1.29 is 14.7 Å². The van der Waals surface area contributed by atoms with Crippen LogP contribution < -0.4 is 0 Å². The summed E-state index contributed by atoms with van der Waals surface area (Å²) in [6, 6.07) is 6.90. The minimum Gasteiger partial charge on any atom is -0.480 e. The van der Waals surface area contributed by atoms with E-state index < -0.39 is 5.97 Å². The van der Waals surface area contributed by atoms with Crippen molar-refractivity contribution in [2.75, 3.05) is 6.54 Å². The molecular weight excluding hydrogens is 282 g/mol. The van der Waals surface area contributed by atoms with Crippen molar-refractivity contribution >= 4 is 11.9 Å². The molecule has 0 saturated carbocycles. The predicted octanol–water partition coefficient (Wildman–Crippen LogP) is 2.20. The van der Waals surface area contributed by atoms with E-state index in [1.165, 1.54) is 4.90 Å². The molecule has 1 aromatic heterocycles. The second-order valence-corrected chi connectivity index (χ2v) is 5.10. The third-order valence-electron chi connectivity index (χ3n) is 3.61. The van der Waals surface area contributed by atoms with Crippen LogP contribution >= 0.6 is 0 Å². The monoisotopic (exact) mass is 301 g/mol. The van der Waals surface area contributed by atoms with Gasteiger partial charge in [-0.25, -0.2) is 4.98 Å². The number of nitrogens with zero attached hydrogens (tertiary/aromatic N) is 3. The lowest BCUT2D eigenvalue weighted by molar-refractivity contribution is -0.138. The standard InChI is InChI=1S/C16H19N3O3/c1-3-12(2)19(10-15(20)21)16(22)13-4-6-14(7-5-13)18-9-8-17-11-18/h4-9,11-12H,3,10H2,1-2H3,(H,20,21). The molecule has 0 aliphatic heterocycles. The highest BCUT2D eigenvalue weighted by molar-refractivity contribution is 5.96. The number of rotatable bonds is 6. The average Bonchev–Trinajstić information content (AvgIpc) is 3.05. The van der Waals surface area contributed by atoms with Gasteiger partial charge in [0.15, 0.2) is 0 Å². The van der Waals surface area contributed by atoms with Gasteiger partial charge < -0.3 is 14.6 Å². The number of hydrogen-bond acceptors (Lipinski definition) is 3. The highest BCUT2D eigenvalue weighted by Crippen LogP contribution is 2.14. The summed E-state index contributed by atoms with van der Waals surface area (Å²) < 4.78 is 1.83. The molecule has 6 nitrogen and oxygen atoms in total. The Labute approximate surface area is 129 Å². The van der Waals surface area contributed by atoms with Crippen molar-refractivity contribution in [3.63, 3.8) is 0 Å². The van der Waals surface area contributed by atoms with Crippen molar-refractivity contribution in [2.24, 2.45) is 0 Å². The molecule has 1 aromatic carbocycles. The summed E-state index contributed by atoms with van der Waals surface area (Å²) in [6.45, 7) is 3.48. The minimum absolute atomic E-state index is 0.128. The van der Waals surface area contributed by atoms with Gasteiger partial charge in [-0.1, -0.05) is 6.92 Å². The maximum Gasteiger partial charge on any atom is 0.323 e. The second kappa shape index (κ2) is 6.89. The molecule has 0 spiro atoms. The van der Waals surface area contributed by atoms with Crippen LogP contribution in [0.2, 0.25) is 0 Å². The smallest absolute Gasteiger partial charge is 0.323 e. The van der Waals surface area contributed by atoms with E-state index in [4.69, 9.17) is 5.11 Å². The first-order valence-corrected chi connectivity index (χ1v) is 7.14. The molecule has 1 heterocycles. The Hall–Kier alpha value is -2.63. The maximum absolute atomic E-state index is 12.5. The number of aromatic nitrogens is 2. The number of carbonyl (C=O) groups is 2. The zero-order valence-corrected chi connectivity index (χ0v) is 12.6. The number of aliphatic carboxylic acids is 1. The largest absolute Gasteiger partial charge is 0.480 e. The van der Waals surface area contributed by atoms with E-state index in [1.54, 1.807) is 24.7 Å². The molecule has 0 radical (unpaired) electrons. The van der Waals surface area contributed by atoms with Crippen LogP contribution in [-0.2, 0) is 4.79 Å². The summed E-state index contributed by atoms with van der Waals surface area (Å²) in [6.07, 6.45) is 5.86. The number of carboxylic acid groups (broad SMARTS) is 1. The van der Waals surface area contributed by atoms with Crippen LogP contribution in [0.15, 0.2) is 43.0 Å². The maximum atomic E-state index is 12.5. The van der Waals surface area contributed by atoms with Crippen LogP contribution in [0.1, 0.15) is 30.6 Å². The van der Waals surface area contributed by atoms with Crippen LogP contribution in [-0.4, -0.2) is 44.0 Å². The molecule has 2 aromatic rings. The summed E-state index contributed by atoms with van der Waals surface area (Å²) in [4.78, 5) is 28.9. The molecule has 0 fully saturated rings. The summed E-state index contributed by atoms with van der Waals surface area (Å²) >= 11 is 0. The molecule has 1 amide bonds. The average molecular weight is 301 g/mol. The van der Waals surface area contributed by atoms with E-state index in [2.05, 4.69) is 4.98 Å². The number of carboxylic acids is 1. The molecule has 1 unspecified atom stereocenters. The van der Waals surface area contributed by atoms with Gasteiger partial charge in [0, 0.05) is 29.7 Å². The van der Waals surface area contributed by atoms with Crippen molar-refractivity contribution in [3.8, 4) is 5.69 Å². The Balaban J connectivity index is 2.21. The molecule has 22 heavy (non-hydrogen) atoms. The van der Waals surface area contributed by atoms with Crippen molar-refractivity contribution in [2.45, 2.75) is 26.3 Å². The van der Waals surface area contributed by atoms with Gasteiger partial charge in [0.05, 0.1) is 6.33 Å². The van der Waals surface area contributed by atoms with Gasteiger partial charge in [-0.15, -0.1) is 0 Å². The molecule has 1 N–H and O–H groups in total. The van der Waals surface area contributed by atoms with Crippen molar-refractivity contribution in [1.29, 1.82) is 0 Å². The fourth-order valence-corrected chi connectivity index (χ4v) is 2.15. The van der Waals surface area contributed by atoms with Gasteiger partial charge in [-0.2, -0.15) is 0 Å². The Morgan fingerprint density at radius 1 is 1.32 bits per heavy atom. The van der Waals surface area contributed by atoms with E-state index >= 15 is 0 Å². The Bertz CT molecular complexity index is 635. The Kier molecular flexibility index (Phi) is 4.93. The zero-order valence-electron chi connectivity index (χ0n) is 12.6. The molecule has 0 aliphatic carbocycles. The van der Waals surface area contributed by atoms with Gasteiger partial charge >= 0.3 is 5.97 Å². The quantitative estimate of drug-likeness (QED) is 0.887. The first-order valence-electron chi connectivity index (χ1n) is 7.14. The summed E-state index contributed by atoms with van der Waals surface area (Å²) in [5, 5.41) is 8.99. The summed E-state index contributed by atoms with van der Waals surface area (Å²) in [5.41, 5.74) is 1.37. The molecule has 6 heteroatoms. The van der Waals surface area contributed by atoms with Gasteiger partial charge in [0.25, 0.3) is 5.91 Å². The fourth-order valence-electron chi connectivity index (χ4n) is 2.15. The third-order valence-corrected chi connectivity index (χ3v) is 3.61. The molecule has 116 valence electrons. The lowest BCUT2D eigenvalue weighted by atomic mass is 10.1. The molecule has 0 bridgehead atoms. The lowest BCUT2D eigenvalue weighted by Gasteiger charge is -2.27.